The van der Waals surface area contributed by atoms with Crippen molar-refractivity contribution in [3.8, 4) is 22.5 Å². The quantitative estimate of drug-likeness (QED) is 0.407. The first-order valence-electron chi connectivity index (χ1n) is 10.7. The fourth-order valence-corrected chi connectivity index (χ4v) is 4.88. The molecule has 3 N–H and O–H groups in total. The highest BCUT2D eigenvalue weighted by Gasteiger charge is 2.49. The van der Waals surface area contributed by atoms with Gasteiger partial charge in [-0.15, -0.1) is 12.4 Å². The highest BCUT2D eigenvalue weighted by Crippen LogP contribution is 2.47. The standard InChI is InChI=1S/C25H22F3N3O3.ClH/c1-23(33)11-24(29,12-23)17-9-7-16(8-10-17)20-18(15-5-3-2-4-6-15)19-21(34-20)30-14-31(22(19)32)13-25(26,27)28;/h2-10,14,33H,11-13,29H2,1H3;1H/t23-,24-;. The van der Waals surface area contributed by atoms with Crippen LogP contribution in [0, 0.1) is 0 Å². The van der Waals surface area contributed by atoms with Crippen molar-refractivity contribution < 1.29 is 22.7 Å². The highest BCUT2D eigenvalue weighted by atomic mass is 35.5. The van der Waals surface area contributed by atoms with Crippen LogP contribution < -0.4 is 11.3 Å². The number of aromatic nitrogens is 2. The third-order valence-corrected chi connectivity index (χ3v) is 6.21. The van der Waals surface area contributed by atoms with Crippen LogP contribution in [0.4, 0.5) is 13.2 Å². The van der Waals surface area contributed by atoms with E-state index in [1.807, 2.05) is 12.1 Å². The molecule has 0 unspecified atom stereocenters. The molecule has 1 aliphatic carbocycles. The number of benzene rings is 2. The van der Waals surface area contributed by atoms with Gasteiger partial charge in [-0.25, -0.2) is 4.98 Å². The Kier molecular flexibility index (Phi) is 6.07. The molecule has 6 nitrogen and oxygen atoms in total. The van der Waals surface area contributed by atoms with Crippen molar-refractivity contribution >= 4 is 23.5 Å². The highest BCUT2D eigenvalue weighted by molar-refractivity contribution is 5.99. The Bertz CT molecular complexity index is 1420. The fraction of sp³-hybridized carbons (Fsp3) is 0.280. The van der Waals surface area contributed by atoms with E-state index in [1.54, 1.807) is 49.4 Å². The second-order valence-electron chi connectivity index (χ2n) is 9.23. The summed E-state index contributed by atoms with van der Waals surface area (Å²) in [7, 11) is 0. The topological polar surface area (TPSA) is 94.3 Å². The molecule has 2 heterocycles. The minimum absolute atomic E-state index is 0. The molecular weight excluding hydrogens is 483 g/mol. The predicted octanol–water partition coefficient (Wildman–Crippen LogP) is 5.01. The van der Waals surface area contributed by atoms with Crippen LogP contribution in [0.15, 0.2) is 70.1 Å². The molecule has 4 aromatic rings. The maximum Gasteiger partial charge on any atom is 0.406 e. The summed E-state index contributed by atoms with van der Waals surface area (Å²) in [6, 6.07) is 16.1. The lowest BCUT2D eigenvalue weighted by molar-refractivity contribution is -0.141. The molecule has 1 saturated carbocycles. The number of fused-ring (bicyclic) bond motifs is 1. The Hall–Kier alpha value is -3.14. The van der Waals surface area contributed by atoms with E-state index in [0.717, 1.165) is 11.9 Å². The van der Waals surface area contributed by atoms with E-state index in [1.165, 1.54) is 0 Å². The number of hydrogen-bond donors (Lipinski definition) is 2. The van der Waals surface area contributed by atoms with Crippen molar-refractivity contribution in [3.63, 3.8) is 0 Å². The largest absolute Gasteiger partial charge is 0.437 e. The van der Waals surface area contributed by atoms with Gasteiger partial charge in [-0.3, -0.25) is 9.36 Å². The number of aliphatic hydroxyl groups is 1. The molecule has 0 bridgehead atoms. The molecule has 184 valence electrons. The number of alkyl halides is 3. The van der Waals surface area contributed by atoms with Crippen LogP contribution in [-0.2, 0) is 12.1 Å². The number of nitrogens with zero attached hydrogens (tertiary/aromatic N) is 2. The van der Waals surface area contributed by atoms with Gasteiger partial charge in [-0.1, -0.05) is 54.6 Å². The first kappa shape index (κ1) is 25.0. The zero-order chi connectivity index (χ0) is 24.3. The maximum absolute atomic E-state index is 13.1. The summed E-state index contributed by atoms with van der Waals surface area (Å²) in [5.41, 5.74) is 6.61. The Morgan fingerprint density at radius 2 is 1.71 bits per heavy atom. The zero-order valence-corrected chi connectivity index (χ0v) is 19.5. The monoisotopic (exact) mass is 505 g/mol. The minimum atomic E-state index is -4.57. The first-order valence-corrected chi connectivity index (χ1v) is 10.7. The van der Waals surface area contributed by atoms with E-state index in [2.05, 4.69) is 4.98 Å². The van der Waals surface area contributed by atoms with Gasteiger partial charge in [0.2, 0.25) is 5.71 Å². The van der Waals surface area contributed by atoms with Crippen LogP contribution in [0.3, 0.4) is 0 Å². The van der Waals surface area contributed by atoms with E-state index < -0.39 is 29.4 Å². The van der Waals surface area contributed by atoms with E-state index >= 15 is 0 Å². The van der Waals surface area contributed by atoms with E-state index in [-0.39, 0.29) is 23.5 Å². The summed E-state index contributed by atoms with van der Waals surface area (Å²) in [6.45, 7) is 0.298. The van der Waals surface area contributed by atoms with Gasteiger partial charge in [0.25, 0.3) is 5.56 Å². The fourth-order valence-electron chi connectivity index (χ4n) is 4.88. The van der Waals surface area contributed by atoms with Gasteiger partial charge < -0.3 is 15.3 Å². The molecule has 0 amide bonds. The van der Waals surface area contributed by atoms with Gasteiger partial charge in [0.1, 0.15) is 24.0 Å². The van der Waals surface area contributed by atoms with Crippen molar-refractivity contribution in [2.75, 3.05) is 0 Å². The predicted molar refractivity (Wildman–Crippen MR) is 128 cm³/mol. The molecule has 10 heteroatoms. The van der Waals surface area contributed by atoms with Crippen LogP contribution in [0.5, 0.6) is 0 Å². The summed E-state index contributed by atoms with van der Waals surface area (Å²) >= 11 is 0. The number of furan rings is 1. The number of nitrogens with two attached hydrogens (primary N) is 1. The summed E-state index contributed by atoms with van der Waals surface area (Å²) in [6.07, 6.45) is -2.85. The first-order chi connectivity index (χ1) is 16.0. The third-order valence-electron chi connectivity index (χ3n) is 6.21. The molecule has 0 aliphatic heterocycles. The number of rotatable bonds is 4. The average molecular weight is 506 g/mol. The maximum atomic E-state index is 13.1. The van der Waals surface area contributed by atoms with Gasteiger partial charge in [0.05, 0.1) is 5.60 Å². The second kappa shape index (κ2) is 8.51. The van der Waals surface area contributed by atoms with Gasteiger partial charge in [-0.2, -0.15) is 13.2 Å². The van der Waals surface area contributed by atoms with Crippen molar-refractivity contribution in [1.82, 2.24) is 9.55 Å². The van der Waals surface area contributed by atoms with E-state index in [4.69, 9.17) is 10.2 Å². The minimum Gasteiger partial charge on any atom is -0.437 e. The Morgan fingerprint density at radius 3 is 2.29 bits per heavy atom. The van der Waals surface area contributed by atoms with Gasteiger partial charge >= 0.3 is 6.18 Å². The summed E-state index contributed by atoms with van der Waals surface area (Å²) in [5, 5.41) is 10.1. The Balaban J connectivity index is 0.00000289. The zero-order valence-electron chi connectivity index (χ0n) is 18.7. The van der Waals surface area contributed by atoms with Crippen LogP contribution in [0.25, 0.3) is 33.6 Å². The van der Waals surface area contributed by atoms with Gasteiger partial charge in [-0.05, 0) is 30.9 Å². The lowest BCUT2D eigenvalue weighted by Crippen LogP contribution is -2.58. The summed E-state index contributed by atoms with van der Waals surface area (Å²) in [5.74, 6) is 0.328. The molecule has 0 saturated heterocycles. The van der Waals surface area contributed by atoms with Gasteiger partial charge in [0, 0.05) is 16.7 Å². The number of hydrogen-bond acceptors (Lipinski definition) is 5. The lowest BCUT2D eigenvalue weighted by Gasteiger charge is -2.49. The Morgan fingerprint density at radius 1 is 1.09 bits per heavy atom. The smallest absolute Gasteiger partial charge is 0.406 e. The average Bonchev–Trinajstić information content (AvgIpc) is 3.14. The Labute approximate surface area is 204 Å². The molecule has 1 aliphatic rings. The SMILES string of the molecule is C[C@]1(O)C[C@@](N)(c2ccc(-c3oc4ncn(CC(F)(F)F)c(=O)c4c3-c3ccccc3)cc2)C1.Cl. The normalized spacial score (nSPS) is 22.0. The summed E-state index contributed by atoms with van der Waals surface area (Å²) in [4.78, 5) is 17.1. The van der Waals surface area contributed by atoms with E-state index in [9.17, 15) is 23.1 Å². The molecule has 5 rings (SSSR count). The molecular formula is C25H23ClF3N3O3. The van der Waals surface area contributed by atoms with Crippen LogP contribution in [0.1, 0.15) is 25.3 Å². The molecule has 0 atom stereocenters. The molecule has 0 spiro atoms. The van der Waals surface area contributed by atoms with Gasteiger partial charge in [0.15, 0.2) is 0 Å². The van der Waals surface area contributed by atoms with Crippen molar-refractivity contribution in [2.45, 2.75) is 43.6 Å². The second-order valence-corrected chi connectivity index (χ2v) is 9.23. The lowest BCUT2D eigenvalue weighted by atomic mass is 9.63. The van der Waals surface area contributed by atoms with Crippen LogP contribution >= 0.6 is 12.4 Å². The van der Waals surface area contributed by atoms with E-state index in [0.29, 0.717) is 39.9 Å². The van der Waals surface area contributed by atoms with Crippen molar-refractivity contribution in [3.05, 3.63) is 76.8 Å². The van der Waals surface area contributed by atoms with Crippen LogP contribution in [0.2, 0.25) is 0 Å². The van der Waals surface area contributed by atoms with Crippen LogP contribution in [-0.4, -0.2) is 26.4 Å². The van der Waals surface area contributed by atoms with Crippen molar-refractivity contribution in [2.24, 2.45) is 5.73 Å². The van der Waals surface area contributed by atoms with Crippen molar-refractivity contribution in [1.29, 1.82) is 0 Å². The molecule has 0 radical (unpaired) electrons. The third kappa shape index (κ3) is 4.59. The summed E-state index contributed by atoms with van der Waals surface area (Å²) < 4.78 is 45.5. The molecule has 1 fully saturated rings. The molecule has 2 aromatic carbocycles. The number of halogens is 4. The molecule has 35 heavy (non-hydrogen) atoms. The molecule has 2 aromatic heterocycles.